The smallest absolute Gasteiger partial charge is 0.227 e. The average molecular weight is 224 g/mol. The SMILES string of the molecule is NCC1(C(=O)NCC2CCC2)CCCCC1. The number of nitrogens with two attached hydrogens (primary N) is 1. The molecule has 2 saturated carbocycles. The number of rotatable bonds is 4. The summed E-state index contributed by atoms with van der Waals surface area (Å²) >= 11 is 0. The summed E-state index contributed by atoms with van der Waals surface area (Å²) in [6.07, 6.45) is 9.47. The predicted octanol–water partition coefficient (Wildman–Crippen LogP) is 1.81. The molecule has 0 unspecified atom stereocenters. The van der Waals surface area contributed by atoms with E-state index in [1.165, 1.54) is 25.7 Å². The number of nitrogens with one attached hydrogen (secondary N) is 1. The minimum Gasteiger partial charge on any atom is -0.355 e. The summed E-state index contributed by atoms with van der Waals surface area (Å²) in [6, 6.07) is 0. The molecule has 3 heteroatoms. The summed E-state index contributed by atoms with van der Waals surface area (Å²) < 4.78 is 0. The lowest BCUT2D eigenvalue weighted by Crippen LogP contribution is -2.48. The van der Waals surface area contributed by atoms with Crippen LogP contribution in [0.5, 0.6) is 0 Å². The van der Waals surface area contributed by atoms with E-state index in [-0.39, 0.29) is 11.3 Å². The van der Waals surface area contributed by atoms with Crippen molar-refractivity contribution in [1.29, 1.82) is 0 Å². The van der Waals surface area contributed by atoms with Crippen LogP contribution >= 0.6 is 0 Å². The van der Waals surface area contributed by atoms with Gasteiger partial charge in [-0.3, -0.25) is 4.79 Å². The first-order chi connectivity index (χ1) is 7.77. The molecule has 1 amide bonds. The molecule has 0 bridgehead atoms. The third-order valence-electron chi connectivity index (χ3n) is 4.46. The van der Waals surface area contributed by atoms with Gasteiger partial charge in [-0.1, -0.05) is 25.7 Å². The van der Waals surface area contributed by atoms with Crippen molar-refractivity contribution in [1.82, 2.24) is 5.32 Å². The van der Waals surface area contributed by atoms with Gasteiger partial charge in [0.2, 0.25) is 5.91 Å². The van der Waals surface area contributed by atoms with Crippen LogP contribution in [0.25, 0.3) is 0 Å². The van der Waals surface area contributed by atoms with Crippen LogP contribution < -0.4 is 11.1 Å². The summed E-state index contributed by atoms with van der Waals surface area (Å²) in [6.45, 7) is 1.39. The highest BCUT2D eigenvalue weighted by Gasteiger charge is 2.38. The number of hydrogen-bond acceptors (Lipinski definition) is 2. The first-order valence-electron chi connectivity index (χ1n) is 6.75. The minimum atomic E-state index is -0.234. The van der Waals surface area contributed by atoms with E-state index in [2.05, 4.69) is 5.32 Å². The monoisotopic (exact) mass is 224 g/mol. The van der Waals surface area contributed by atoms with Gasteiger partial charge in [-0.15, -0.1) is 0 Å². The Morgan fingerprint density at radius 1 is 1.19 bits per heavy atom. The first kappa shape index (κ1) is 11.9. The second-order valence-electron chi connectivity index (χ2n) is 5.55. The van der Waals surface area contributed by atoms with Crippen molar-refractivity contribution in [2.24, 2.45) is 17.1 Å². The predicted molar refractivity (Wildman–Crippen MR) is 64.9 cm³/mol. The maximum Gasteiger partial charge on any atom is 0.227 e. The van der Waals surface area contributed by atoms with Crippen molar-refractivity contribution in [3.63, 3.8) is 0 Å². The quantitative estimate of drug-likeness (QED) is 0.765. The molecule has 2 fully saturated rings. The summed E-state index contributed by atoms with van der Waals surface area (Å²) in [5.74, 6) is 0.962. The molecule has 0 heterocycles. The van der Waals surface area contributed by atoms with Crippen molar-refractivity contribution in [3.8, 4) is 0 Å². The molecular formula is C13H24N2O. The van der Waals surface area contributed by atoms with Crippen LogP contribution in [0.4, 0.5) is 0 Å². The van der Waals surface area contributed by atoms with Crippen molar-refractivity contribution < 1.29 is 4.79 Å². The molecular weight excluding hydrogens is 200 g/mol. The molecule has 0 spiro atoms. The molecule has 0 atom stereocenters. The molecule has 0 aromatic rings. The fourth-order valence-corrected chi connectivity index (χ4v) is 2.87. The fraction of sp³-hybridized carbons (Fsp3) is 0.923. The normalized spacial score (nSPS) is 24.8. The van der Waals surface area contributed by atoms with Crippen molar-refractivity contribution in [3.05, 3.63) is 0 Å². The Bertz CT molecular complexity index is 242. The van der Waals surface area contributed by atoms with Gasteiger partial charge < -0.3 is 11.1 Å². The second-order valence-corrected chi connectivity index (χ2v) is 5.55. The Morgan fingerprint density at radius 3 is 2.38 bits per heavy atom. The zero-order valence-electron chi connectivity index (χ0n) is 10.1. The molecule has 2 aliphatic rings. The maximum absolute atomic E-state index is 12.2. The number of carbonyl (C=O) groups excluding carboxylic acids is 1. The van der Waals surface area contributed by atoms with E-state index >= 15 is 0 Å². The molecule has 3 N–H and O–H groups in total. The topological polar surface area (TPSA) is 55.1 Å². The molecule has 0 aromatic heterocycles. The van der Waals surface area contributed by atoms with Gasteiger partial charge >= 0.3 is 0 Å². The Balaban J connectivity index is 1.84. The van der Waals surface area contributed by atoms with Crippen LogP contribution in [-0.4, -0.2) is 19.0 Å². The minimum absolute atomic E-state index is 0.224. The van der Waals surface area contributed by atoms with Gasteiger partial charge in [-0.25, -0.2) is 0 Å². The molecule has 16 heavy (non-hydrogen) atoms. The van der Waals surface area contributed by atoms with Crippen LogP contribution in [0, 0.1) is 11.3 Å². The van der Waals surface area contributed by atoms with E-state index in [4.69, 9.17) is 5.73 Å². The van der Waals surface area contributed by atoms with Crippen molar-refractivity contribution in [2.75, 3.05) is 13.1 Å². The molecule has 0 radical (unpaired) electrons. The molecule has 0 aliphatic heterocycles. The highest BCUT2D eigenvalue weighted by Crippen LogP contribution is 2.35. The molecule has 3 nitrogen and oxygen atoms in total. The maximum atomic E-state index is 12.2. The van der Waals surface area contributed by atoms with Gasteiger partial charge in [0, 0.05) is 13.1 Å². The zero-order chi connectivity index (χ0) is 11.4. The van der Waals surface area contributed by atoms with E-state index in [1.54, 1.807) is 0 Å². The number of hydrogen-bond donors (Lipinski definition) is 2. The molecule has 2 aliphatic carbocycles. The first-order valence-corrected chi connectivity index (χ1v) is 6.75. The lowest BCUT2D eigenvalue weighted by molar-refractivity contribution is -0.132. The summed E-state index contributed by atoms with van der Waals surface area (Å²) in [5, 5.41) is 3.13. The van der Waals surface area contributed by atoms with E-state index in [0.29, 0.717) is 6.54 Å². The third kappa shape index (κ3) is 2.40. The molecule has 2 rings (SSSR count). The van der Waals surface area contributed by atoms with Crippen LogP contribution in [0.2, 0.25) is 0 Å². The number of amides is 1. The molecule has 0 saturated heterocycles. The van der Waals surface area contributed by atoms with Gasteiger partial charge in [0.15, 0.2) is 0 Å². The average Bonchev–Trinajstić information content (AvgIpc) is 2.27. The lowest BCUT2D eigenvalue weighted by Gasteiger charge is -2.36. The van der Waals surface area contributed by atoms with Gasteiger partial charge in [0.25, 0.3) is 0 Å². The Hall–Kier alpha value is -0.570. The zero-order valence-corrected chi connectivity index (χ0v) is 10.1. The van der Waals surface area contributed by atoms with E-state index < -0.39 is 0 Å². The van der Waals surface area contributed by atoms with Crippen LogP contribution in [0.3, 0.4) is 0 Å². The van der Waals surface area contributed by atoms with Crippen LogP contribution in [0.1, 0.15) is 51.4 Å². The van der Waals surface area contributed by atoms with Gasteiger partial charge in [0.1, 0.15) is 0 Å². The number of carbonyl (C=O) groups is 1. The third-order valence-corrected chi connectivity index (χ3v) is 4.46. The summed E-state index contributed by atoms with van der Waals surface area (Å²) in [4.78, 5) is 12.2. The standard InChI is InChI=1S/C13H24N2O/c14-10-13(7-2-1-3-8-13)12(16)15-9-11-5-4-6-11/h11H,1-10,14H2,(H,15,16). The van der Waals surface area contributed by atoms with Crippen LogP contribution in [-0.2, 0) is 4.79 Å². The summed E-state index contributed by atoms with van der Waals surface area (Å²) in [5.41, 5.74) is 5.60. The molecule has 0 aromatic carbocycles. The van der Waals surface area contributed by atoms with E-state index in [9.17, 15) is 4.79 Å². The fourth-order valence-electron chi connectivity index (χ4n) is 2.87. The highest BCUT2D eigenvalue weighted by atomic mass is 16.2. The Morgan fingerprint density at radius 2 is 1.88 bits per heavy atom. The van der Waals surface area contributed by atoms with Crippen molar-refractivity contribution in [2.45, 2.75) is 51.4 Å². The van der Waals surface area contributed by atoms with E-state index in [1.807, 2.05) is 0 Å². The second kappa shape index (κ2) is 5.17. The van der Waals surface area contributed by atoms with Gasteiger partial charge in [-0.2, -0.15) is 0 Å². The van der Waals surface area contributed by atoms with Gasteiger partial charge in [0.05, 0.1) is 5.41 Å². The van der Waals surface area contributed by atoms with Crippen molar-refractivity contribution >= 4 is 5.91 Å². The molecule has 92 valence electrons. The van der Waals surface area contributed by atoms with E-state index in [0.717, 1.165) is 38.1 Å². The van der Waals surface area contributed by atoms with Crippen LogP contribution in [0.15, 0.2) is 0 Å². The lowest BCUT2D eigenvalue weighted by atomic mass is 9.73. The highest BCUT2D eigenvalue weighted by molar-refractivity contribution is 5.83. The largest absolute Gasteiger partial charge is 0.355 e. The summed E-state index contributed by atoms with van der Waals surface area (Å²) in [7, 11) is 0. The Labute approximate surface area is 98.2 Å². The van der Waals surface area contributed by atoms with Gasteiger partial charge in [-0.05, 0) is 31.6 Å². The Kier molecular flexibility index (Phi) is 3.85.